The Kier molecular flexibility index (Phi) is 4.13. The Morgan fingerprint density at radius 1 is 1.16 bits per heavy atom. The number of rotatable bonds is 3. The highest BCUT2D eigenvalue weighted by Crippen LogP contribution is 2.25. The molecule has 0 unspecified atom stereocenters. The zero-order chi connectivity index (χ0) is 14.0. The van der Waals surface area contributed by atoms with Gasteiger partial charge in [-0.1, -0.05) is 28.4 Å². The molecule has 2 aromatic rings. The Balaban J connectivity index is 2.16. The third-order valence-corrected chi connectivity index (χ3v) is 2.80. The lowest BCUT2D eigenvalue weighted by atomic mass is 10.1. The highest BCUT2D eigenvalue weighted by molar-refractivity contribution is 6.35. The van der Waals surface area contributed by atoms with Gasteiger partial charge in [0.2, 0.25) is 11.7 Å². The van der Waals surface area contributed by atoms with Crippen molar-refractivity contribution < 1.29 is 4.52 Å². The van der Waals surface area contributed by atoms with Gasteiger partial charge in [0.05, 0.1) is 6.54 Å². The number of hydrogen-bond donors (Lipinski definition) is 1. The smallest absolute Gasteiger partial charge is 0.240 e. The van der Waals surface area contributed by atoms with Crippen LogP contribution in [0.2, 0.25) is 10.0 Å². The van der Waals surface area contributed by atoms with E-state index in [4.69, 9.17) is 27.7 Å². The van der Waals surface area contributed by atoms with Crippen LogP contribution in [0.1, 0.15) is 26.7 Å². The Morgan fingerprint density at radius 2 is 1.79 bits per heavy atom. The van der Waals surface area contributed by atoms with Crippen LogP contribution in [-0.2, 0) is 6.54 Å². The van der Waals surface area contributed by atoms with Crippen molar-refractivity contribution in [1.82, 2.24) is 15.5 Å². The molecule has 0 saturated heterocycles. The second-order valence-corrected chi connectivity index (χ2v) is 6.15. The van der Waals surface area contributed by atoms with E-state index in [1.54, 1.807) is 18.2 Å². The Morgan fingerprint density at radius 3 is 2.37 bits per heavy atom. The molecule has 0 bridgehead atoms. The van der Waals surface area contributed by atoms with Crippen molar-refractivity contribution in [3.63, 3.8) is 0 Å². The SMILES string of the molecule is CC(C)(C)NCc1nc(-c2cc(Cl)cc(Cl)c2)no1. The molecule has 19 heavy (non-hydrogen) atoms. The van der Waals surface area contributed by atoms with Crippen LogP contribution in [0.3, 0.4) is 0 Å². The molecule has 1 aromatic carbocycles. The van der Waals surface area contributed by atoms with Crippen molar-refractivity contribution in [2.45, 2.75) is 32.9 Å². The van der Waals surface area contributed by atoms with Gasteiger partial charge < -0.3 is 9.84 Å². The molecule has 0 atom stereocenters. The van der Waals surface area contributed by atoms with Gasteiger partial charge in [0.15, 0.2) is 0 Å². The molecular weight excluding hydrogens is 285 g/mol. The summed E-state index contributed by atoms with van der Waals surface area (Å²) >= 11 is 11.9. The molecule has 0 spiro atoms. The summed E-state index contributed by atoms with van der Waals surface area (Å²) in [6, 6.07) is 5.16. The molecule has 0 aliphatic heterocycles. The van der Waals surface area contributed by atoms with Crippen molar-refractivity contribution in [2.75, 3.05) is 0 Å². The van der Waals surface area contributed by atoms with E-state index < -0.39 is 0 Å². The first-order valence-corrected chi connectivity index (χ1v) is 6.63. The topological polar surface area (TPSA) is 51.0 Å². The second-order valence-electron chi connectivity index (χ2n) is 5.27. The van der Waals surface area contributed by atoms with Crippen LogP contribution in [0.4, 0.5) is 0 Å². The molecular formula is C13H15Cl2N3O. The molecule has 1 aromatic heterocycles. The van der Waals surface area contributed by atoms with Crippen LogP contribution in [0.5, 0.6) is 0 Å². The molecule has 0 radical (unpaired) electrons. The summed E-state index contributed by atoms with van der Waals surface area (Å²) in [7, 11) is 0. The zero-order valence-corrected chi connectivity index (χ0v) is 12.5. The Labute approximate surface area is 122 Å². The van der Waals surface area contributed by atoms with Crippen LogP contribution in [0.15, 0.2) is 22.7 Å². The lowest BCUT2D eigenvalue weighted by molar-refractivity contribution is 0.336. The highest BCUT2D eigenvalue weighted by atomic mass is 35.5. The molecule has 2 rings (SSSR count). The maximum atomic E-state index is 5.94. The van der Waals surface area contributed by atoms with E-state index in [0.717, 1.165) is 5.56 Å². The summed E-state index contributed by atoms with van der Waals surface area (Å²) in [6.45, 7) is 6.73. The van der Waals surface area contributed by atoms with E-state index in [0.29, 0.717) is 28.3 Å². The zero-order valence-electron chi connectivity index (χ0n) is 11.0. The average molecular weight is 300 g/mol. The predicted molar refractivity (Wildman–Crippen MR) is 76.3 cm³/mol. The fraction of sp³-hybridized carbons (Fsp3) is 0.385. The van der Waals surface area contributed by atoms with Gasteiger partial charge in [-0.05, 0) is 39.0 Å². The maximum Gasteiger partial charge on any atom is 0.240 e. The van der Waals surface area contributed by atoms with Crippen molar-refractivity contribution in [3.05, 3.63) is 34.1 Å². The van der Waals surface area contributed by atoms with Gasteiger partial charge in [0.25, 0.3) is 0 Å². The number of hydrogen-bond acceptors (Lipinski definition) is 4. The number of aromatic nitrogens is 2. The Bertz CT molecular complexity index is 555. The third-order valence-electron chi connectivity index (χ3n) is 2.36. The van der Waals surface area contributed by atoms with E-state index in [1.807, 2.05) is 0 Å². The average Bonchev–Trinajstić information content (AvgIpc) is 2.72. The van der Waals surface area contributed by atoms with Gasteiger partial charge in [-0.25, -0.2) is 0 Å². The lowest BCUT2D eigenvalue weighted by Crippen LogP contribution is -2.35. The van der Waals surface area contributed by atoms with E-state index in [-0.39, 0.29) is 5.54 Å². The largest absolute Gasteiger partial charge is 0.338 e. The van der Waals surface area contributed by atoms with Crippen LogP contribution >= 0.6 is 23.2 Å². The van der Waals surface area contributed by atoms with E-state index in [9.17, 15) is 0 Å². The second kappa shape index (κ2) is 5.49. The number of halogens is 2. The van der Waals surface area contributed by atoms with E-state index in [1.165, 1.54) is 0 Å². The molecule has 0 saturated carbocycles. The quantitative estimate of drug-likeness (QED) is 0.933. The van der Waals surface area contributed by atoms with Crippen LogP contribution in [0, 0.1) is 0 Å². The minimum Gasteiger partial charge on any atom is -0.338 e. The van der Waals surface area contributed by atoms with Crippen molar-refractivity contribution in [1.29, 1.82) is 0 Å². The summed E-state index contributed by atoms with van der Waals surface area (Å²) in [6.07, 6.45) is 0. The van der Waals surface area contributed by atoms with E-state index >= 15 is 0 Å². The number of nitrogens with one attached hydrogen (secondary N) is 1. The van der Waals surface area contributed by atoms with Gasteiger partial charge in [0.1, 0.15) is 0 Å². The standard InChI is InChI=1S/C13H15Cl2N3O/c1-13(2,3)16-7-11-17-12(18-19-11)8-4-9(14)6-10(15)5-8/h4-6,16H,7H2,1-3H3. The highest BCUT2D eigenvalue weighted by Gasteiger charge is 2.13. The number of benzene rings is 1. The van der Waals surface area contributed by atoms with Crippen LogP contribution in [0.25, 0.3) is 11.4 Å². The van der Waals surface area contributed by atoms with Gasteiger partial charge in [0, 0.05) is 21.1 Å². The molecule has 0 amide bonds. The van der Waals surface area contributed by atoms with E-state index in [2.05, 4.69) is 36.2 Å². The molecule has 6 heteroatoms. The monoisotopic (exact) mass is 299 g/mol. The summed E-state index contributed by atoms with van der Waals surface area (Å²) < 4.78 is 5.18. The molecule has 0 aliphatic rings. The minimum absolute atomic E-state index is 0.00596. The minimum atomic E-state index is -0.00596. The fourth-order valence-electron chi connectivity index (χ4n) is 1.47. The van der Waals surface area contributed by atoms with Gasteiger partial charge in [-0.3, -0.25) is 0 Å². The van der Waals surface area contributed by atoms with Crippen LogP contribution in [-0.4, -0.2) is 15.7 Å². The van der Waals surface area contributed by atoms with Crippen molar-refractivity contribution in [2.24, 2.45) is 0 Å². The molecule has 1 N–H and O–H groups in total. The van der Waals surface area contributed by atoms with Crippen molar-refractivity contribution in [3.8, 4) is 11.4 Å². The normalized spacial score (nSPS) is 11.8. The first-order valence-electron chi connectivity index (χ1n) is 5.87. The third kappa shape index (κ3) is 4.20. The summed E-state index contributed by atoms with van der Waals surface area (Å²) in [4.78, 5) is 4.31. The van der Waals surface area contributed by atoms with Crippen LogP contribution < -0.4 is 5.32 Å². The summed E-state index contributed by atoms with van der Waals surface area (Å²) in [5.74, 6) is 1.01. The molecule has 102 valence electrons. The lowest BCUT2D eigenvalue weighted by Gasteiger charge is -2.18. The molecule has 0 fully saturated rings. The Hall–Kier alpha value is -1.10. The number of nitrogens with zero attached hydrogens (tertiary/aromatic N) is 2. The maximum absolute atomic E-state index is 5.94. The molecule has 1 heterocycles. The summed E-state index contributed by atoms with van der Waals surface area (Å²) in [5, 5.41) is 8.29. The van der Waals surface area contributed by atoms with Gasteiger partial charge in [-0.2, -0.15) is 4.98 Å². The van der Waals surface area contributed by atoms with Gasteiger partial charge in [-0.15, -0.1) is 0 Å². The van der Waals surface area contributed by atoms with Crippen molar-refractivity contribution >= 4 is 23.2 Å². The first-order chi connectivity index (χ1) is 8.83. The van der Waals surface area contributed by atoms with Gasteiger partial charge >= 0.3 is 0 Å². The predicted octanol–water partition coefficient (Wildman–Crippen LogP) is 3.93. The first kappa shape index (κ1) is 14.3. The molecule has 0 aliphatic carbocycles. The summed E-state index contributed by atoms with van der Waals surface area (Å²) in [5.41, 5.74) is 0.733. The fourth-order valence-corrected chi connectivity index (χ4v) is 1.99. The molecule has 4 nitrogen and oxygen atoms in total.